The van der Waals surface area contributed by atoms with Gasteiger partial charge in [0.2, 0.25) is 0 Å². The van der Waals surface area contributed by atoms with Gasteiger partial charge in [0.05, 0.1) is 23.2 Å². The highest BCUT2D eigenvalue weighted by atomic mass is 32.2. The normalized spacial score (nSPS) is 28.3. The number of hydrogen-bond donors (Lipinski definition) is 1. The number of sulfone groups is 1. The highest BCUT2D eigenvalue weighted by Crippen LogP contribution is 2.27. The molecule has 118 valence electrons. The molecule has 1 aromatic rings. The van der Waals surface area contributed by atoms with Crippen molar-refractivity contribution in [3.8, 4) is 0 Å². The lowest BCUT2D eigenvalue weighted by molar-refractivity contribution is 0.484. The molecule has 5 nitrogen and oxygen atoms in total. The summed E-state index contributed by atoms with van der Waals surface area (Å²) in [6, 6.07) is 0.619. The van der Waals surface area contributed by atoms with Crippen LogP contribution >= 0.6 is 11.8 Å². The Bertz CT molecular complexity index is 618. The Labute approximate surface area is 130 Å². The van der Waals surface area contributed by atoms with Gasteiger partial charge >= 0.3 is 0 Å². The summed E-state index contributed by atoms with van der Waals surface area (Å²) >= 11 is 2.00. The van der Waals surface area contributed by atoms with Crippen molar-refractivity contribution in [1.82, 2.24) is 15.1 Å². The smallest absolute Gasteiger partial charge is 0.152 e. The Kier molecular flexibility index (Phi) is 4.34. The maximum Gasteiger partial charge on any atom is 0.152 e. The molecule has 3 rings (SSSR count). The molecule has 1 aromatic heterocycles. The molecule has 7 heteroatoms. The topological polar surface area (TPSA) is 64.0 Å². The Morgan fingerprint density at radius 2 is 2.19 bits per heavy atom. The van der Waals surface area contributed by atoms with Crippen molar-refractivity contribution in [2.75, 3.05) is 23.0 Å². The summed E-state index contributed by atoms with van der Waals surface area (Å²) in [5.41, 5.74) is 3.37. The molecule has 1 N–H and O–H groups in total. The van der Waals surface area contributed by atoms with Crippen molar-refractivity contribution in [3.63, 3.8) is 0 Å². The monoisotopic (exact) mass is 329 g/mol. The van der Waals surface area contributed by atoms with Gasteiger partial charge in [-0.3, -0.25) is 4.68 Å². The van der Waals surface area contributed by atoms with Crippen LogP contribution in [0.1, 0.15) is 35.8 Å². The minimum absolute atomic E-state index is 0.0180. The first kappa shape index (κ1) is 15.4. The van der Waals surface area contributed by atoms with E-state index in [1.807, 2.05) is 23.4 Å². The van der Waals surface area contributed by atoms with Gasteiger partial charge in [-0.2, -0.15) is 16.9 Å². The average molecular weight is 329 g/mol. The minimum Gasteiger partial charge on any atom is -0.309 e. The maximum absolute atomic E-state index is 11.7. The second kappa shape index (κ2) is 5.93. The van der Waals surface area contributed by atoms with Crippen molar-refractivity contribution in [1.29, 1.82) is 0 Å². The van der Waals surface area contributed by atoms with Crippen LogP contribution in [0.25, 0.3) is 0 Å². The maximum atomic E-state index is 11.7. The lowest BCUT2D eigenvalue weighted by Crippen LogP contribution is -2.28. The summed E-state index contributed by atoms with van der Waals surface area (Å²) in [5, 5.41) is 8.22. The predicted molar refractivity (Wildman–Crippen MR) is 86.6 cm³/mol. The van der Waals surface area contributed by atoms with Gasteiger partial charge in [0.15, 0.2) is 9.84 Å². The third-order valence-corrected chi connectivity index (χ3v) is 7.44. The third kappa shape index (κ3) is 3.29. The summed E-state index contributed by atoms with van der Waals surface area (Å²) in [7, 11) is -2.87. The fourth-order valence-corrected chi connectivity index (χ4v) is 6.10. The number of hydrogen-bond acceptors (Lipinski definition) is 5. The molecule has 2 unspecified atom stereocenters. The van der Waals surface area contributed by atoms with Crippen molar-refractivity contribution in [2.45, 2.75) is 45.3 Å². The second-order valence-electron chi connectivity index (χ2n) is 6.09. The Balaban J connectivity index is 1.73. The van der Waals surface area contributed by atoms with E-state index in [4.69, 9.17) is 0 Å². The molecule has 0 radical (unpaired) electrons. The number of nitrogens with one attached hydrogen (secondary N) is 1. The van der Waals surface area contributed by atoms with Gasteiger partial charge in [0, 0.05) is 29.6 Å². The minimum atomic E-state index is -2.87. The van der Waals surface area contributed by atoms with E-state index in [2.05, 4.69) is 17.3 Å². The van der Waals surface area contributed by atoms with Gasteiger partial charge in [0.25, 0.3) is 0 Å². The SMILES string of the molecule is Cc1nn(C2CCS(=O)(=O)C2)c(C)c1CNC1CCSC1. The van der Waals surface area contributed by atoms with E-state index in [0.717, 1.165) is 17.9 Å². The predicted octanol–water partition coefficient (Wildman–Crippen LogP) is 1.45. The summed E-state index contributed by atoms with van der Waals surface area (Å²) in [6.07, 6.45) is 1.92. The van der Waals surface area contributed by atoms with Crippen LogP contribution in [0.2, 0.25) is 0 Å². The fourth-order valence-electron chi connectivity index (χ4n) is 3.22. The standard InChI is InChI=1S/C14H23N3O2S2/c1-10-14(7-15-12-3-5-20-8-12)11(2)17(16-10)13-4-6-21(18,19)9-13/h12-13,15H,3-9H2,1-2H3. The van der Waals surface area contributed by atoms with Gasteiger partial charge < -0.3 is 5.32 Å². The Morgan fingerprint density at radius 1 is 1.38 bits per heavy atom. The second-order valence-corrected chi connectivity index (χ2v) is 9.47. The van der Waals surface area contributed by atoms with Crippen LogP contribution in [0, 0.1) is 13.8 Å². The molecule has 0 aromatic carbocycles. The molecule has 2 aliphatic heterocycles. The number of rotatable bonds is 4. The van der Waals surface area contributed by atoms with E-state index in [1.165, 1.54) is 23.5 Å². The molecule has 0 saturated carbocycles. The number of aromatic nitrogens is 2. The van der Waals surface area contributed by atoms with Gasteiger partial charge in [-0.1, -0.05) is 0 Å². The van der Waals surface area contributed by atoms with Crippen LogP contribution in [0.5, 0.6) is 0 Å². The van der Waals surface area contributed by atoms with Crippen molar-refractivity contribution in [2.24, 2.45) is 0 Å². The molecule has 2 fully saturated rings. The molecule has 3 heterocycles. The zero-order valence-corrected chi connectivity index (χ0v) is 14.3. The quantitative estimate of drug-likeness (QED) is 0.906. The zero-order valence-electron chi connectivity index (χ0n) is 12.6. The van der Waals surface area contributed by atoms with Gasteiger partial charge in [-0.05, 0) is 32.4 Å². The third-order valence-electron chi connectivity index (χ3n) is 4.53. The van der Waals surface area contributed by atoms with Crippen LogP contribution in [0.3, 0.4) is 0 Å². The first-order chi connectivity index (χ1) is 9.96. The molecular weight excluding hydrogens is 306 g/mol. The first-order valence-corrected chi connectivity index (χ1v) is 10.5. The average Bonchev–Trinajstić information content (AvgIpc) is 3.10. The van der Waals surface area contributed by atoms with Gasteiger partial charge in [-0.25, -0.2) is 8.42 Å². The van der Waals surface area contributed by atoms with Gasteiger partial charge in [-0.15, -0.1) is 0 Å². The number of aryl methyl sites for hydroxylation is 1. The largest absolute Gasteiger partial charge is 0.309 e. The summed E-state index contributed by atoms with van der Waals surface area (Å²) in [5.74, 6) is 2.96. The van der Waals surface area contributed by atoms with E-state index < -0.39 is 9.84 Å². The summed E-state index contributed by atoms with van der Waals surface area (Å²) in [4.78, 5) is 0. The molecule has 2 aliphatic rings. The fraction of sp³-hybridized carbons (Fsp3) is 0.786. The lowest BCUT2D eigenvalue weighted by atomic mass is 10.1. The van der Waals surface area contributed by atoms with E-state index in [9.17, 15) is 8.42 Å². The highest BCUT2D eigenvalue weighted by molar-refractivity contribution is 7.99. The van der Waals surface area contributed by atoms with Crippen LogP contribution in [0.4, 0.5) is 0 Å². The van der Waals surface area contributed by atoms with Crippen molar-refractivity contribution >= 4 is 21.6 Å². The molecule has 0 amide bonds. The molecule has 2 saturated heterocycles. The van der Waals surface area contributed by atoms with Crippen molar-refractivity contribution < 1.29 is 8.42 Å². The van der Waals surface area contributed by atoms with Gasteiger partial charge in [0.1, 0.15) is 0 Å². The lowest BCUT2D eigenvalue weighted by Gasteiger charge is -2.13. The van der Waals surface area contributed by atoms with Crippen LogP contribution < -0.4 is 5.32 Å². The molecule has 21 heavy (non-hydrogen) atoms. The summed E-state index contributed by atoms with van der Waals surface area (Å²) in [6.45, 7) is 4.92. The van der Waals surface area contributed by atoms with Crippen LogP contribution in [0.15, 0.2) is 0 Å². The molecular formula is C14H23N3O2S2. The van der Waals surface area contributed by atoms with E-state index in [0.29, 0.717) is 18.2 Å². The Hall–Kier alpha value is -0.530. The molecule has 0 spiro atoms. The number of nitrogens with zero attached hydrogens (tertiary/aromatic N) is 2. The van der Waals surface area contributed by atoms with E-state index in [-0.39, 0.29) is 11.8 Å². The zero-order chi connectivity index (χ0) is 15.0. The van der Waals surface area contributed by atoms with E-state index in [1.54, 1.807) is 0 Å². The number of thioether (sulfide) groups is 1. The molecule has 2 atom stereocenters. The molecule has 0 aliphatic carbocycles. The van der Waals surface area contributed by atoms with E-state index >= 15 is 0 Å². The highest BCUT2D eigenvalue weighted by Gasteiger charge is 2.31. The first-order valence-electron chi connectivity index (χ1n) is 7.52. The van der Waals surface area contributed by atoms with Crippen molar-refractivity contribution in [3.05, 3.63) is 17.0 Å². The van der Waals surface area contributed by atoms with Crippen LogP contribution in [-0.4, -0.2) is 47.3 Å². The molecule has 0 bridgehead atoms. The Morgan fingerprint density at radius 3 is 2.81 bits per heavy atom. The summed E-state index contributed by atoms with van der Waals surface area (Å²) < 4.78 is 25.3. The van der Waals surface area contributed by atoms with Crippen LogP contribution in [-0.2, 0) is 16.4 Å².